The van der Waals surface area contributed by atoms with E-state index in [4.69, 9.17) is 0 Å². The number of hydrogen-bond acceptors (Lipinski definition) is 4. The molecule has 1 fully saturated rings. The van der Waals surface area contributed by atoms with E-state index in [1.807, 2.05) is 4.90 Å². The van der Waals surface area contributed by atoms with Gasteiger partial charge in [-0.25, -0.2) is 13.2 Å². The van der Waals surface area contributed by atoms with Crippen molar-refractivity contribution in [3.63, 3.8) is 0 Å². The monoisotopic (exact) mass is 362 g/mol. The molecule has 8 heteroatoms. The van der Waals surface area contributed by atoms with Gasteiger partial charge in [0, 0.05) is 30.7 Å². The zero-order chi connectivity index (χ0) is 14.9. The molecule has 110 valence electrons. The Hall–Kier alpha value is -1.12. The molecule has 0 amide bonds. The summed E-state index contributed by atoms with van der Waals surface area (Å²) in [6, 6.07) is 4.98. The predicted molar refractivity (Wildman–Crippen MR) is 79.7 cm³/mol. The topological polar surface area (TPSA) is 77.9 Å². The number of benzene rings is 1. The zero-order valence-corrected chi connectivity index (χ0v) is 13.3. The Morgan fingerprint density at radius 1 is 1.25 bits per heavy atom. The largest absolute Gasteiger partial charge is 0.478 e. The van der Waals surface area contributed by atoms with Gasteiger partial charge in [-0.1, -0.05) is 15.9 Å². The Labute approximate surface area is 126 Å². The van der Waals surface area contributed by atoms with Gasteiger partial charge in [0.05, 0.1) is 17.5 Å². The normalized spacial score (nSPS) is 17.2. The summed E-state index contributed by atoms with van der Waals surface area (Å²) in [5.74, 6) is -0.988. The van der Waals surface area contributed by atoms with Crippen LogP contribution in [0.5, 0.6) is 0 Å². The van der Waals surface area contributed by atoms with Gasteiger partial charge in [-0.3, -0.25) is 0 Å². The fourth-order valence-corrected chi connectivity index (χ4v) is 3.38. The minimum atomic E-state index is -3.19. The molecule has 1 heterocycles. The number of carbonyl (C=O) groups is 1. The molecule has 0 saturated carbocycles. The number of rotatable bonds is 3. The number of piperazine rings is 1. The first kappa shape index (κ1) is 15.3. The highest BCUT2D eigenvalue weighted by Crippen LogP contribution is 2.26. The van der Waals surface area contributed by atoms with E-state index in [9.17, 15) is 18.3 Å². The van der Waals surface area contributed by atoms with Gasteiger partial charge in [-0.05, 0) is 18.2 Å². The molecule has 1 saturated heterocycles. The number of nitrogens with zero attached hydrogens (tertiary/aromatic N) is 2. The molecule has 1 aromatic rings. The summed E-state index contributed by atoms with van der Waals surface area (Å²) in [4.78, 5) is 13.1. The van der Waals surface area contributed by atoms with Crippen LogP contribution in [0, 0.1) is 0 Å². The average Bonchev–Trinajstić information content (AvgIpc) is 2.37. The standard InChI is InChI=1S/C12H15BrN2O4S/c1-20(18,19)15-6-4-14(5-7-15)11-8-9(13)2-3-10(11)12(16)17/h2-3,8H,4-7H2,1H3,(H,16,17). The van der Waals surface area contributed by atoms with Gasteiger partial charge in [-0.15, -0.1) is 0 Å². The van der Waals surface area contributed by atoms with Gasteiger partial charge in [0.2, 0.25) is 10.0 Å². The fraction of sp³-hybridized carbons (Fsp3) is 0.417. The summed E-state index contributed by atoms with van der Waals surface area (Å²) >= 11 is 3.33. The zero-order valence-electron chi connectivity index (χ0n) is 10.9. The highest BCUT2D eigenvalue weighted by atomic mass is 79.9. The second-order valence-electron chi connectivity index (χ2n) is 4.62. The number of sulfonamides is 1. The summed E-state index contributed by atoms with van der Waals surface area (Å²) in [5, 5.41) is 9.22. The molecule has 0 unspecified atom stereocenters. The van der Waals surface area contributed by atoms with Crippen LogP contribution in [0.15, 0.2) is 22.7 Å². The van der Waals surface area contributed by atoms with Crippen molar-refractivity contribution >= 4 is 37.6 Å². The van der Waals surface area contributed by atoms with Crippen molar-refractivity contribution in [2.24, 2.45) is 0 Å². The van der Waals surface area contributed by atoms with Crippen molar-refractivity contribution < 1.29 is 18.3 Å². The van der Waals surface area contributed by atoms with E-state index in [2.05, 4.69) is 15.9 Å². The fourth-order valence-electron chi connectivity index (χ4n) is 2.21. The third-order valence-corrected chi connectivity index (χ3v) is 5.03. The second kappa shape index (κ2) is 5.71. The lowest BCUT2D eigenvalue weighted by atomic mass is 10.1. The minimum Gasteiger partial charge on any atom is -0.478 e. The van der Waals surface area contributed by atoms with E-state index in [0.717, 1.165) is 4.47 Å². The maximum Gasteiger partial charge on any atom is 0.337 e. The first-order chi connectivity index (χ1) is 9.29. The molecule has 0 radical (unpaired) electrons. The van der Waals surface area contributed by atoms with Crippen LogP contribution in [0.4, 0.5) is 5.69 Å². The Morgan fingerprint density at radius 3 is 2.35 bits per heavy atom. The van der Waals surface area contributed by atoms with E-state index in [-0.39, 0.29) is 5.56 Å². The van der Waals surface area contributed by atoms with Crippen molar-refractivity contribution in [2.45, 2.75) is 0 Å². The SMILES string of the molecule is CS(=O)(=O)N1CCN(c2cc(Br)ccc2C(=O)O)CC1. The summed E-state index contributed by atoms with van der Waals surface area (Å²) in [5.41, 5.74) is 0.834. The van der Waals surface area contributed by atoms with Crippen LogP contribution in [0.3, 0.4) is 0 Å². The van der Waals surface area contributed by atoms with Crippen LogP contribution in [-0.4, -0.2) is 56.2 Å². The number of anilines is 1. The van der Waals surface area contributed by atoms with Gasteiger partial charge >= 0.3 is 5.97 Å². The van der Waals surface area contributed by atoms with Gasteiger partial charge in [0.15, 0.2) is 0 Å². The number of aromatic carboxylic acids is 1. The first-order valence-electron chi connectivity index (χ1n) is 6.02. The number of carboxylic acid groups (broad SMARTS) is 1. The molecule has 0 aliphatic carbocycles. The van der Waals surface area contributed by atoms with Crippen molar-refractivity contribution in [1.82, 2.24) is 4.31 Å². The summed E-state index contributed by atoms with van der Waals surface area (Å²) in [7, 11) is -3.19. The predicted octanol–water partition coefficient (Wildman–Crippen LogP) is 1.23. The highest BCUT2D eigenvalue weighted by molar-refractivity contribution is 9.10. The molecule has 1 aliphatic heterocycles. The van der Waals surface area contributed by atoms with Gasteiger partial charge in [-0.2, -0.15) is 4.31 Å². The van der Waals surface area contributed by atoms with E-state index < -0.39 is 16.0 Å². The van der Waals surface area contributed by atoms with Gasteiger partial charge < -0.3 is 10.0 Å². The minimum absolute atomic E-state index is 0.223. The van der Waals surface area contributed by atoms with E-state index in [1.165, 1.54) is 10.6 Å². The molecule has 2 rings (SSSR count). The quantitative estimate of drug-likeness (QED) is 0.874. The Bertz CT molecular complexity index is 624. The molecular formula is C12H15BrN2O4S. The van der Waals surface area contributed by atoms with Crippen LogP contribution >= 0.6 is 15.9 Å². The molecule has 1 aromatic carbocycles. The van der Waals surface area contributed by atoms with Crippen molar-refractivity contribution in [2.75, 3.05) is 37.3 Å². The molecule has 0 atom stereocenters. The highest BCUT2D eigenvalue weighted by Gasteiger charge is 2.25. The smallest absolute Gasteiger partial charge is 0.337 e. The lowest BCUT2D eigenvalue weighted by molar-refractivity contribution is 0.0697. The second-order valence-corrected chi connectivity index (χ2v) is 7.51. The lowest BCUT2D eigenvalue weighted by Gasteiger charge is -2.35. The first-order valence-corrected chi connectivity index (χ1v) is 8.66. The van der Waals surface area contributed by atoms with Crippen LogP contribution in [-0.2, 0) is 10.0 Å². The average molecular weight is 363 g/mol. The van der Waals surface area contributed by atoms with Crippen molar-refractivity contribution in [3.05, 3.63) is 28.2 Å². The number of carboxylic acids is 1. The summed E-state index contributed by atoms with van der Waals surface area (Å²) < 4.78 is 25.1. The third-order valence-electron chi connectivity index (χ3n) is 3.24. The molecule has 1 aliphatic rings. The molecule has 20 heavy (non-hydrogen) atoms. The van der Waals surface area contributed by atoms with Gasteiger partial charge in [0.1, 0.15) is 0 Å². The Morgan fingerprint density at radius 2 is 1.85 bits per heavy atom. The van der Waals surface area contributed by atoms with Crippen LogP contribution in [0.25, 0.3) is 0 Å². The van der Waals surface area contributed by atoms with Crippen molar-refractivity contribution in [1.29, 1.82) is 0 Å². The van der Waals surface area contributed by atoms with Crippen LogP contribution in [0.2, 0.25) is 0 Å². The lowest BCUT2D eigenvalue weighted by Crippen LogP contribution is -2.48. The number of hydrogen-bond donors (Lipinski definition) is 1. The van der Waals surface area contributed by atoms with E-state index in [1.54, 1.807) is 18.2 Å². The Balaban J connectivity index is 2.22. The third kappa shape index (κ3) is 3.31. The maximum absolute atomic E-state index is 11.5. The van der Waals surface area contributed by atoms with E-state index >= 15 is 0 Å². The molecule has 1 N–H and O–H groups in total. The molecule has 0 bridgehead atoms. The van der Waals surface area contributed by atoms with Crippen LogP contribution < -0.4 is 4.90 Å². The van der Waals surface area contributed by atoms with Crippen molar-refractivity contribution in [3.8, 4) is 0 Å². The molecule has 0 spiro atoms. The molecule has 6 nitrogen and oxygen atoms in total. The molecule has 0 aromatic heterocycles. The maximum atomic E-state index is 11.5. The molecular weight excluding hydrogens is 348 g/mol. The summed E-state index contributed by atoms with van der Waals surface area (Å²) in [6.07, 6.45) is 1.18. The van der Waals surface area contributed by atoms with E-state index in [0.29, 0.717) is 31.9 Å². The van der Waals surface area contributed by atoms with Crippen LogP contribution in [0.1, 0.15) is 10.4 Å². The Kier molecular flexibility index (Phi) is 4.36. The van der Waals surface area contributed by atoms with Gasteiger partial charge in [0.25, 0.3) is 0 Å². The summed E-state index contributed by atoms with van der Waals surface area (Å²) in [6.45, 7) is 1.68. The number of halogens is 1.